The first kappa shape index (κ1) is 16.3. The summed E-state index contributed by atoms with van der Waals surface area (Å²) >= 11 is 5.70. The second kappa shape index (κ2) is 7.81. The fourth-order valence-electron chi connectivity index (χ4n) is 2.17. The maximum atomic E-state index is 12.2. The van der Waals surface area contributed by atoms with Gasteiger partial charge in [0.05, 0.1) is 0 Å². The van der Waals surface area contributed by atoms with Gasteiger partial charge in [0.1, 0.15) is 5.75 Å². The summed E-state index contributed by atoms with van der Waals surface area (Å²) in [6.07, 6.45) is 4.89. The molecule has 0 saturated heterocycles. The van der Waals surface area contributed by atoms with E-state index in [1.54, 1.807) is 30.4 Å². The van der Waals surface area contributed by atoms with Crippen molar-refractivity contribution in [3.63, 3.8) is 0 Å². The topological polar surface area (TPSA) is 37.3 Å². The van der Waals surface area contributed by atoms with Crippen molar-refractivity contribution in [2.24, 2.45) is 0 Å². The van der Waals surface area contributed by atoms with Crippen LogP contribution in [0.15, 0.2) is 48.5 Å². The lowest BCUT2D eigenvalue weighted by Gasteiger charge is -2.04. The van der Waals surface area contributed by atoms with Crippen LogP contribution in [0.1, 0.15) is 34.0 Å². The van der Waals surface area contributed by atoms with Crippen molar-refractivity contribution in [3.05, 3.63) is 70.8 Å². The highest BCUT2D eigenvalue weighted by molar-refractivity contribution is 6.18. The first-order chi connectivity index (χ1) is 10.6. The van der Waals surface area contributed by atoms with Gasteiger partial charge in [0, 0.05) is 11.4 Å². The Bertz CT molecular complexity index is 672. The lowest BCUT2D eigenvalue weighted by molar-refractivity contribution is 0.104. The molecule has 0 unspecified atom stereocenters. The Morgan fingerprint density at radius 2 is 1.91 bits per heavy atom. The minimum atomic E-state index is -0.0876. The molecule has 0 aliphatic carbocycles. The van der Waals surface area contributed by atoms with E-state index in [2.05, 4.69) is 19.1 Å². The first-order valence-corrected chi connectivity index (χ1v) is 7.86. The molecule has 114 valence electrons. The number of ketones is 1. The highest BCUT2D eigenvalue weighted by Crippen LogP contribution is 2.20. The van der Waals surface area contributed by atoms with Gasteiger partial charge in [-0.15, -0.1) is 11.6 Å². The predicted molar refractivity (Wildman–Crippen MR) is 91.7 cm³/mol. The molecule has 0 amide bonds. The average Bonchev–Trinajstić information content (AvgIpc) is 2.55. The largest absolute Gasteiger partial charge is 0.508 e. The van der Waals surface area contributed by atoms with Crippen LogP contribution in [0.4, 0.5) is 0 Å². The van der Waals surface area contributed by atoms with Gasteiger partial charge < -0.3 is 5.11 Å². The number of carbonyl (C=O) groups is 1. The third-order valence-electron chi connectivity index (χ3n) is 3.54. The van der Waals surface area contributed by atoms with Crippen LogP contribution in [-0.2, 0) is 12.8 Å². The third kappa shape index (κ3) is 4.22. The molecule has 2 aromatic rings. The Labute approximate surface area is 136 Å². The normalized spacial score (nSPS) is 11.0. The van der Waals surface area contributed by atoms with Crippen molar-refractivity contribution < 1.29 is 9.90 Å². The zero-order valence-electron chi connectivity index (χ0n) is 12.6. The summed E-state index contributed by atoms with van der Waals surface area (Å²) in [5.41, 5.74) is 3.51. The van der Waals surface area contributed by atoms with Crippen molar-refractivity contribution >= 4 is 23.5 Å². The quantitative estimate of drug-likeness (QED) is 0.479. The molecule has 0 radical (unpaired) electrons. The number of aryl methyl sites for hydroxylation is 2. The van der Waals surface area contributed by atoms with E-state index in [0.717, 1.165) is 12.0 Å². The Kier molecular flexibility index (Phi) is 5.79. The minimum Gasteiger partial charge on any atom is -0.508 e. The Hall–Kier alpha value is -2.06. The summed E-state index contributed by atoms with van der Waals surface area (Å²) in [5, 5.41) is 9.72. The highest BCUT2D eigenvalue weighted by Gasteiger charge is 2.07. The molecule has 2 aromatic carbocycles. The number of hydrogen-bond acceptors (Lipinski definition) is 2. The molecule has 0 bridgehead atoms. The minimum absolute atomic E-state index is 0.0876. The van der Waals surface area contributed by atoms with E-state index in [-0.39, 0.29) is 11.5 Å². The smallest absolute Gasteiger partial charge is 0.185 e. The number of carbonyl (C=O) groups excluding carboxylic acids is 1. The molecule has 0 atom stereocenters. The Morgan fingerprint density at radius 3 is 2.55 bits per heavy atom. The van der Waals surface area contributed by atoms with Crippen molar-refractivity contribution in [1.29, 1.82) is 0 Å². The van der Waals surface area contributed by atoms with Crippen LogP contribution in [0, 0.1) is 0 Å². The fourth-order valence-corrected chi connectivity index (χ4v) is 2.38. The Balaban J connectivity index is 2.13. The van der Waals surface area contributed by atoms with E-state index in [4.69, 9.17) is 11.6 Å². The molecule has 0 aromatic heterocycles. The van der Waals surface area contributed by atoms with Crippen molar-refractivity contribution in [2.75, 3.05) is 5.88 Å². The van der Waals surface area contributed by atoms with Crippen LogP contribution >= 0.6 is 11.6 Å². The van der Waals surface area contributed by atoms with Crippen molar-refractivity contribution in [1.82, 2.24) is 0 Å². The standard InChI is InChI=1S/C19H19ClO2/c1-2-14-3-5-15(6-4-14)7-9-18(21)16-8-10-19(22)17(13-16)11-12-20/h3-10,13,22H,2,11-12H2,1H3/b9-7+. The number of alkyl halides is 1. The van der Waals surface area contributed by atoms with Gasteiger partial charge in [-0.25, -0.2) is 0 Å². The number of phenolic OH excluding ortho intramolecular Hbond substituents is 1. The van der Waals surface area contributed by atoms with E-state index >= 15 is 0 Å². The Morgan fingerprint density at radius 1 is 1.18 bits per heavy atom. The molecule has 0 aliphatic rings. The van der Waals surface area contributed by atoms with Gasteiger partial charge in [0.2, 0.25) is 0 Å². The highest BCUT2D eigenvalue weighted by atomic mass is 35.5. The van der Waals surface area contributed by atoms with E-state index in [1.165, 1.54) is 5.56 Å². The van der Waals surface area contributed by atoms with Gasteiger partial charge in [-0.1, -0.05) is 37.3 Å². The van der Waals surface area contributed by atoms with Crippen LogP contribution in [0.2, 0.25) is 0 Å². The van der Waals surface area contributed by atoms with Crippen LogP contribution in [0.5, 0.6) is 5.75 Å². The van der Waals surface area contributed by atoms with Gasteiger partial charge in [-0.2, -0.15) is 0 Å². The first-order valence-electron chi connectivity index (χ1n) is 7.33. The van der Waals surface area contributed by atoms with Crippen molar-refractivity contribution in [2.45, 2.75) is 19.8 Å². The summed E-state index contributed by atoms with van der Waals surface area (Å²) in [6, 6.07) is 13.0. The monoisotopic (exact) mass is 314 g/mol. The number of aromatic hydroxyl groups is 1. The lowest BCUT2D eigenvalue weighted by Crippen LogP contribution is -1.97. The van der Waals surface area contributed by atoms with Gasteiger partial charge in [-0.05, 0) is 53.8 Å². The van der Waals surface area contributed by atoms with Crippen LogP contribution in [0.3, 0.4) is 0 Å². The maximum Gasteiger partial charge on any atom is 0.185 e. The molecular weight excluding hydrogens is 296 g/mol. The molecule has 2 rings (SSSR count). The SMILES string of the molecule is CCc1ccc(/C=C/C(=O)c2ccc(O)c(CCCl)c2)cc1. The molecule has 0 heterocycles. The number of halogens is 1. The van der Waals surface area contributed by atoms with Crippen molar-refractivity contribution in [3.8, 4) is 5.75 Å². The molecular formula is C19H19ClO2. The van der Waals surface area contributed by atoms with E-state index in [1.807, 2.05) is 12.1 Å². The molecule has 0 fully saturated rings. The summed E-state index contributed by atoms with van der Waals surface area (Å²) in [4.78, 5) is 12.2. The van der Waals surface area contributed by atoms with E-state index < -0.39 is 0 Å². The third-order valence-corrected chi connectivity index (χ3v) is 3.73. The van der Waals surface area contributed by atoms with Crippen LogP contribution in [-0.4, -0.2) is 16.8 Å². The van der Waals surface area contributed by atoms with E-state index in [9.17, 15) is 9.90 Å². The number of allylic oxidation sites excluding steroid dienone is 1. The molecule has 2 nitrogen and oxygen atoms in total. The van der Waals surface area contributed by atoms with Crippen LogP contribution in [0.25, 0.3) is 6.08 Å². The van der Waals surface area contributed by atoms with Gasteiger partial charge >= 0.3 is 0 Å². The molecule has 0 saturated carbocycles. The summed E-state index contributed by atoms with van der Waals surface area (Å²) in [6.45, 7) is 2.11. The maximum absolute atomic E-state index is 12.2. The summed E-state index contributed by atoms with van der Waals surface area (Å²) in [5.74, 6) is 0.497. The fraction of sp³-hybridized carbons (Fsp3) is 0.211. The summed E-state index contributed by atoms with van der Waals surface area (Å²) in [7, 11) is 0. The second-order valence-corrected chi connectivity index (χ2v) is 5.45. The summed E-state index contributed by atoms with van der Waals surface area (Å²) < 4.78 is 0. The van der Waals surface area contributed by atoms with E-state index in [0.29, 0.717) is 23.4 Å². The zero-order chi connectivity index (χ0) is 15.9. The molecule has 0 aliphatic heterocycles. The molecule has 3 heteroatoms. The second-order valence-electron chi connectivity index (χ2n) is 5.08. The number of hydrogen-bond donors (Lipinski definition) is 1. The predicted octanol–water partition coefficient (Wildman–Crippen LogP) is 4.63. The number of phenols is 1. The lowest BCUT2D eigenvalue weighted by atomic mass is 10.0. The number of rotatable bonds is 6. The molecule has 0 spiro atoms. The van der Waals surface area contributed by atoms with Gasteiger partial charge in [-0.3, -0.25) is 4.79 Å². The van der Waals surface area contributed by atoms with Crippen LogP contribution < -0.4 is 0 Å². The molecule has 1 N–H and O–H groups in total. The average molecular weight is 315 g/mol. The number of benzene rings is 2. The molecule has 22 heavy (non-hydrogen) atoms. The van der Waals surface area contributed by atoms with Gasteiger partial charge in [0.25, 0.3) is 0 Å². The van der Waals surface area contributed by atoms with Gasteiger partial charge in [0.15, 0.2) is 5.78 Å². The zero-order valence-corrected chi connectivity index (χ0v) is 13.3.